The number of thioether (sulfide) groups is 1. The van der Waals surface area contributed by atoms with Crippen LogP contribution >= 0.6 is 27.7 Å². The molecule has 4 heteroatoms. The van der Waals surface area contributed by atoms with Gasteiger partial charge in [-0.3, -0.25) is 4.79 Å². The lowest BCUT2D eigenvalue weighted by atomic mass is 10.1. The number of carbonyl (C=O) groups is 1. The summed E-state index contributed by atoms with van der Waals surface area (Å²) in [6, 6.07) is 7.46. The molecular formula is C15H16BrNOS. The second-order valence-electron chi connectivity index (χ2n) is 4.34. The third kappa shape index (κ3) is 3.12. The Morgan fingerprint density at radius 2 is 1.95 bits per heavy atom. The molecule has 1 aliphatic heterocycles. The molecule has 1 heterocycles. The van der Waals surface area contributed by atoms with E-state index in [1.807, 2.05) is 24.3 Å². The Balaban J connectivity index is 2.23. The SMILES string of the molecule is CCN1C(C)=C(C)S/C1=C\C(=O)c1ccc(Br)cc1. The van der Waals surface area contributed by atoms with Crippen molar-refractivity contribution in [2.75, 3.05) is 6.54 Å². The predicted molar refractivity (Wildman–Crippen MR) is 84.9 cm³/mol. The fourth-order valence-electron chi connectivity index (χ4n) is 1.95. The second-order valence-corrected chi connectivity index (χ2v) is 6.49. The highest BCUT2D eigenvalue weighted by Crippen LogP contribution is 2.40. The Labute approximate surface area is 126 Å². The maximum atomic E-state index is 12.2. The molecule has 0 aliphatic carbocycles. The van der Waals surface area contributed by atoms with Gasteiger partial charge in [-0.05, 0) is 45.0 Å². The minimum atomic E-state index is 0.0518. The summed E-state index contributed by atoms with van der Waals surface area (Å²) < 4.78 is 0.982. The normalized spacial score (nSPS) is 17.5. The lowest BCUT2D eigenvalue weighted by molar-refractivity contribution is 0.104. The number of rotatable bonds is 3. The minimum absolute atomic E-state index is 0.0518. The Hall–Kier alpha value is -1.000. The van der Waals surface area contributed by atoms with Gasteiger partial charge in [-0.25, -0.2) is 0 Å². The van der Waals surface area contributed by atoms with E-state index in [2.05, 4.69) is 41.6 Å². The van der Waals surface area contributed by atoms with Gasteiger partial charge in [-0.15, -0.1) is 0 Å². The van der Waals surface area contributed by atoms with Gasteiger partial charge < -0.3 is 4.90 Å². The van der Waals surface area contributed by atoms with E-state index < -0.39 is 0 Å². The Kier molecular flexibility index (Phi) is 4.53. The van der Waals surface area contributed by atoms with E-state index in [9.17, 15) is 4.79 Å². The van der Waals surface area contributed by atoms with Crippen LogP contribution < -0.4 is 0 Å². The molecule has 2 rings (SSSR count). The van der Waals surface area contributed by atoms with Crippen molar-refractivity contribution in [1.82, 2.24) is 4.90 Å². The molecule has 19 heavy (non-hydrogen) atoms. The second kappa shape index (κ2) is 5.97. The van der Waals surface area contributed by atoms with Crippen molar-refractivity contribution in [2.24, 2.45) is 0 Å². The monoisotopic (exact) mass is 337 g/mol. The first-order valence-electron chi connectivity index (χ1n) is 6.17. The van der Waals surface area contributed by atoms with Crippen LogP contribution in [0, 0.1) is 0 Å². The van der Waals surface area contributed by atoms with Crippen LogP contribution in [0.2, 0.25) is 0 Å². The quantitative estimate of drug-likeness (QED) is 0.584. The molecule has 0 N–H and O–H groups in total. The standard InChI is InChI=1S/C15H16BrNOS/c1-4-17-10(2)11(3)19-15(17)9-14(18)12-5-7-13(16)8-6-12/h5-9H,4H2,1-3H3/b15-9-. The average Bonchev–Trinajstić information content (AvgIpc) is 2.65. The third-order valence-corrected chi connectivity index (χ3v) is 4.82. The summed E-state index contributed by atoms with van der Waals surface area (Å²) >= 11 is 5.04. The number of halogens is 1. The van der Waals surface area contributed by atoms with Crippen LogP contribution in [-0.2, 0) is 0 Å². The van der Waals surface area contributed by atoms with Crippen molar-refractivity contribution in [3.05, 3.63) is 56.0 Å². The molecule has 2 nitrogen and oxygen atoms in total. The van der Waals surface area contributed by atoms with Gasteiger partial charge in [0.2, 0.25) is 0 Å². The summed E-state index contributed by atoms with van der Waals surface area (Å²) in [6.07, 6.45) is 1.73. The molecule has 0 radical (unpaired) electrons. The lowest BCUT2D eigenvalue weighted by Gasteiger charge is -2.18. The van der Waals surface area contributed by atoms with E-state index in [-0.39, 0.29) is 5.78 Å². The molecule has 0 fully saturated rings. The first-order chi connectivity index (χ1) is 9.02. The third-order valence-electron chi connectivity index (χ3n) is 3.14. The number of hydrogen-bond acceptors (Lipinski definition) is 3. The summed E-state index contributed by atoms with van der Waals surface area (Å²) in [7, 11) is 0. The van der Waals surface area contributed by atoms with Crippen molar-refractivity contribution < 1.29 is 4.79 Å². The average molecular weight is 338 g/mol. The van der Waals surface area contributed by atoms with Crippen LogP contribution in [0.25, 0.3) is 0 Å². The molecule has 1 aliphatic rings. The molecular weight excluding hydrogens is 322 g/mol. The van der Waals surface area contributed by atoms with Gasteiger partial charge in [0.1, 0.15) is 0 Å². The van der Waals surface area contributed by atoms with Gasteiger partial charge in [-0.2, -0.15) is 0 Å². The fourth-order valence-corrected chi connectivity index (χ4v) is 3.33. The van der Waals surface area contributed by atoms with Crippen molar-refractivity contribution in [3.63, 3.8) is 0 Å². The maximum absolute atomic E-state index is 12.2. The van der Waals surface area contributed by atoms with E-state index in [4.69, 9.17) is 0 Å². The van der Waals surface area contributed by atoms with Crippen LogP contribution in [0.1, 0.15) is 31.1 Å². The molecule has 1 aromatic rings. The molecule has 0 atom stereocenters. The van der Waals surface area contributed by atoms with Crippen LogP contribution in [0.5, 0.6) is 0 Å². The molecule has 0 bridgehead atoms. The van der Waals surface area contributed by atoms with Crippen molar-refractivity contribution >= 4 is 33.5 Å². The smallest absolute Gasteiger partial charge is 0.188 e. The zero-order chi connectivity index (χ0) is 14.0. The number of hydrogen-bond donors (Lipinski definition) is 0. The highest BCUT2D eigenvalue weighted by atomic mass is 79.9. The Morgan fingerprint density at radius 3 is 2.53 bits per heavy atom. The molecule has 0 aromatic heterocycles. The highest BCUT2D eigenvalue weighted by Gasteiger charge is 2.22. The van der Waals surface area contributed by atoms with Gasteiger partial charge in [0.25, 0.3) is 0 Å². The topological polar surface area (TPSA) is 20.3 Å². The van der Waals surface area contributed by atoms with E-state index in [0.717, 1.165) is 21.6 Å². The van der Waals surface area contributed by atoms with Gasteiger partial charge >= 0.3 is 0 Å². The minimum Gasteiger partial charge on any atom is -0.339 e. The molecule has 1 aromatic carbocycles. The van der Waals surface area contributed by atoms with Crippen LogP contribution in [0.15, 0.2) is 50.4 Å². The zero-order valence-electron chi connectivity index (χ0n) is 11.2. The molecule has 0 unspecified atom stereocenters. The summed E-state index contributed by atoms with van der Waals surface area (Å²) in [6.45, 7) is 7.17. The zero-order valence-corrected chi connectivity index (χ0v) is 13.6. The number of benzene rings is 1. The van der Waals surface area contributed by atoms with Gasteiger partial charge in [-0.1, -0.05) is 27.7 Å². The number of carbonyl (C=O) groups excluding carboxylic acids is 1. The van der Waals surface area contributed by atoms with Gasteiger partial charge in [0.15, 0.2) is 5.78 Å². The van der Waals surface area contributed by atoms with Gasteiger partial charge in [0, 0.05) is 33.3 Å². The van der Waals surface area contributed by atoms with Crippen LogP contribution in [-0.4, -0.2) is 17.2 Å². The summed E-state index contributed by atoms with van der Waals surface area (Å²) in [5, 5.41) is 1.02. The Bertz CT molecular complexity index is 560. The highest BCUT2D eigenvalue weighted by molar-refractivity contribution is 9.10. The molecule has 0 saturated heterocycles. The largest absolute Gasteiger partial charge is 0.339 e. The number of ketones is 1. The molecule has 0 spiro atoms. The maximum Gasteiger partial charge on any atom is 0.188 e. The first kappa shape index (κ1) is 14.4. The summed E-state index contributed by atoms with van der Waals surface area (Å²) in [5.41, 5.74) is 1.96. The fraction of sp³-hybridized carbons (Fsp3) is 0.267. The summed E-state index contributed by atoms with van der Waals surface area (Å²) in [4.78, 5) is 15.7. The van der Waals surface area contributed by atoms with Gasteiger partial charge in [0.05, 0.1) is 5.03 Å². The van der Waals surface area contributed by atoms with E-state index >= 15 is 0 Å². The molecule has 100 valence electrons. The molecule has 0 amide bonds. The van der Waals surface area contributed by atoms with Crippen molar-refractivity contribution in [1.29, 1.82) is 0 Å². The first-order valence-corrected chi connectivity index (χ1v) is 7.78. The lowest BCUT2D eigenvalue weighted by Crippen LogP contribution is -2.16. The van der Waals surface area contributed by atoms with E-state index in [1.165, 1.54) is 10.6 Å². The Morgan fingerprint density at radius 1 is 1.32 bits per heavy atom. The van der Waals surface area contributed by atoms with Crippen LogP contribution in [0.3, 0.4) is 0 Å². The summed E-state index contributed by atoms with van der Waals surface area (Å²) in [5.74, 6) is 0.0518. The van der Waals surface area contributed by atoms with E-state index in [0.29, 0.717) is 0 Å². The number of nitrogens with zero attached hydrogens (tertiary/aromatic N) is 1. The molecule has 0 saturated carbocycles. The van der Waals surface area contributed by atoms with E-state index in [1.54, 1.807) is 17.8 Å². The number of allylic oxidation sites excluding steroid dienone is 3. The van der Waals surface area contributed by atoms with Crippen molar-refractivity contribution in [3.8, 4) is 0 Å². The van der Waals surface area contributed by atoms with Crippen molar-refractivity contribution in [2.45, 2.75) is 20.8 Å². The van der Waals surface area contributed by atoms with Crippen LogP contribution in [0.4, 0.5) is 0 Å². The predicted octanol–water partition coefficient (Wildman–Crippen LogP) is 4.79.